The van der Waals surface area contributed by atoms with Crippen LogP contribution < -0.4 is 0 Å². The summed E-state index contributed by atoms with van der Waals surface area (Å²) < 4.78 is 11.0. The zero-order valence-corrected chi connectivity index (χ0v) is 9.23. The average molecular weight is 171 g/mol. The molecule has 61 valence electrons. The van der Waals surface area contributed by atoms with Gasteiger partial charge in [-0.3, -0.25) is 4.94 Å². The molecule has 0 N–H and O–H groups in total. The second-order valence-electron chi connectivity index (χ2n) is 2.26. The Bertz CT molecular complexity index is 98.4. The zero-order chi connectivity index (χ0) is 7.82. The second kappa shape index (κ2) is 10.4. The molecular weight excluding hydrogens is 158 g/mol. The van der Waals surface area contributed by atoms with Crippen LogP contribution in [0.2, 0.25) is 0 Å². The Morgan fingerprint density at radius 2 is 2.00 bits per heavy atom. The van der Waals surface area contributed by atoms with Crippen LogP contribution in [-0.2, 0) is 9.74 Å². The van der Waals surface area contributed by atoms with E-state index in [-0.39, 0.29) is 36.0 Å². The minimum absolute atomic E-state index is 0. The number of hydrogen-bond acceptors (Lipinski definition) is 2. The van der Waals surface area contributed by atoms with Crippen LogP contribution >= 0.6 is 0 Å². The van der Waals surface area contributed by atoms with Crippen molar-refractivity contribution in [3.8, 4) is 0 Å². The van der Waals surface area contributed by atoms with Gasteiger partial charge in [-0.05, 0) is 6.42 Å². The van der Waals surface area contributed by atoms with E-state index in [2.05, 4.69) is 11.9 Å². The van der Waals surface area contributed by atoms with Gasteiger partial charge in [0.05, 0.1) is 0 Å². The normalized spacial score (nSPS) is 8.55. The number of unbranched alkanes of at least 4 members (excludes halogenated alkanes) is 3. The van der Waals surface area contributed by atoms with Gasteiger partial charge in [-0.15, -0.1) is 0 Å². The summed E-state index contributed by atoms with van der Waals surface area (Å²) in [6, 6.07) is 0. The Morgan fingerprint density at radius 3 is 2.45 bits per heavy atom. The van der Waals surface area contributed by atoms with Crippen LogP contribution in [0.15, 0.2) is 0 Å². The summed E-state index contributed by atoms with van der Waals surface area (Å²) >= 11 is 0. The molecule has 0 aliphatic carbocycles. The molecule has 0 rings (SSSR count). The zero-order valence-electron chi connectivity index (χ0n) is 7.23. The Labute approximate surface area is 88.7 Å². The summed E-state index contributed by atoms with van der Waals surface area (Å²) in [7, 11) is 0. The van der Waals surface area contributed by atoms with Gasteiger partial charge in [0.2, 0.25) is 0 Å². The second-order valence-corrected chi connectivity index (χ2v) is 2.26. The van der Waals surface area contributed by atoms with E-state index >= 15 is 0 Å². The van der Waals surface area contributed by atoms with Crippen molar-refractivity contribution in [1.82, 2.24) is 0 Å². The molecule has 2 nitrogen and oxygen atoms in total. The van der Waals surface area contributed by atoms with Gasteiger partial charge in [-0.25, -0.2) is 4.79 Å². The van der Waals surface area contributed by atoms with Crippen LogP contribution in [0, 0.1) is 0 Å². The monoisotopic (exact) mass is 171 g/mol. The Balaban J connectivity index is 0. The summed E-state index contributed by atoms with van der Waals surface area (Å²) in [5.74, 6) is -0.754. The number of halogens is 1. The summed E-state index contributed by atoms with van der Waals surface area (Å²) in [4.78, 5) is 13.2. The molecule has 0 fully saturated rings. The first-order valence-corrected chi connectivity index (χ1v) is 3.62. The number of rotatable bonds is 5. The number of hydrogen-bond donors (Lipinski definition) is 0. The molecule has 0 atom stereocenters. The van der Waals surface area contributed by atoms with E-state index in [0.29, 0.717) is 0 Å². The van der Waals surface area contributed by atoms with Gasteiger partial charge in [0.15, 0.2) is 0 Å². The molecule has 0 aromatic rings. The predicted molar refractivity (Wildman–Crippen MR) is 41.7 cm³/mol. The van der Waals surface area contributed by atoms with Gasteiger partial charge in [-0.1, -0.05) is 26.2 Å². The molecule has 1 radical (unpaired) electrons. The van der Waals surface area contributed by atoms with E-state index in [0.717, 1.165) is 25.7 Å². The fourth-order valence-corrected chi connectivity index (χ4v) is 0.735. The third-order valence-corrected chi connectivity index (χ3v) is 1.32. The largest absolute Gasteiger partial charge is 0.348 e. The molecule has 11 heavy (non-hydrogen) atoms. The first kappa shape index (κ1) is 14.0. The fraction of sp³-hybridized carbons (Fsp3) is 0.857. The molecule has 0 aliphatic rings. The first-order valence-electron chi connectivity index (χ1n) is 3.62. The molecule has 0 bridgehead atoms. The van der Waals surface area contributed by atoms with Crippen molar-refractivity contribution in [1.29, 1.82) is 0 Å². The van der Waals surface area contributed by atoms with Gasteiger partial charge in [-0.2, -0.15) is 0 Å². The topological polar surface area (TPSA) is 26.3 Å². The summed E-state index contributed by atoms with van der Waals surface area (Å²) in [6.45, 7) is 2.08. The van der Waals surface area contributed by atoms with E-state index in [1.165, 1.54) is 0 Å². The van der Waals surface area contributed by atoms with E-state index in [1.807, 2.05) is 0 Å². The fourth-order valence-electron chi connectivity index (χ4n) is 0.735. The molecule has 0 aromatic carbocycles. The third kappa shape index (κ3) is 10.4. The van der Waals surface area contributed by atoms with Gasteiger partial charge >= 0.3 is 5.97 Å². The predicted octanol–water partition coefficient (Wildman–Crippen LogP) is 2.00. The maximum Gasteiger partial charge on any atom is 0.348 e. The molecule has 0 spiro atoms. The van der Waals surface area contributed by atoms with Crippen LogP contribution in [0.5, 0.6) is 0 Å². The van der Waals surface area contributed by atoms with Crippen molar-refractivity contribution >= 4 is 35.5 Å². The molecule has 0 amide bonds. The maximum absolute atomic E-state index is 11.0. The van der Waals surface area contributed by atoms with Crippen LogP contribution in [-0.4, -0.2) is 35.5 Å². The summed E-state index contributed by atoms with van der Waals surface area (Å²) in [5.41, 5.74) is 0. The number of carbonyl (C=O) groups excluding carboxylic acids is 1. The Morgan fingerprint density at radius 1 is 1.36 bits per heavy atom. The van der Waals surface area contributed by atoms with Crippen LogP contribution in [0.3, 0.4) is 0 Å². The van der Waals surface area contributed by atoms with Gasteiger partial charge in [0.1, 0.15) is 0 Å². The van der Waals surface area contributed by atoms with Gasteiger partial charge in [0, 0.05) is 40.5 Å². The van der Waals surface area contributed by atoms with E-state index < -0.39 is 5.97 Å². The third-order valence-electron chi connectivity index (χ3n) is 1.32. The Hall–Kier alpha value is 0.400. The molecular formula is C7H13FNaO2. The van der Waals surface area contributed by atoms with Gasteiger partial charge < -0.3 is 0 Å². The van der Waals surface area contributed by atoms with Crippen molar-refractivity contribution in [2.75, 3.05) is 0 Å². The van der Waals surface area contributed by atoms with Crippen molar-refractivity contribution in [2.24, 2.45) is 0 Å². The Kier molecular flexibility index (Phi) is 13.2. The SMILES string of the molecule is CCCCCCC(=O)OF.[Na]. The summed E-state index contributed by atoms with van der Waals surface area (Å²) in [5, 5.41) is 0. The van der Waals surface area contributed by atoms with E-state index in [4.69, 9.17) is 0 Å². The first-order chi connectivity index (χ1) is 4.81. The van der Waals surface area contributed by atoms with E-state index in [1.54, 1.807) is 0 Å². The van der Waals surface area contributed by atoms with Crippen LogP contribution in [0.1, 0.15) is 39.0 Å². The maximum atomic E-state index is 11.0. The molecule has 4 heteroatoms. The number of carbonyl (C=O) groups is 1. The smallest absolute Gasteiger partial charge is 0.255 e. The van der Waals surface area contributed by atoms with Crippen molar-refractivity contribution in [3.63, 3.8) is 0 Å². The minimum Gasteiger partial charge on any atom is -0.255 e. The quantitative estimate of drug-likeness (QED) is 0.467. The molecule has 0 unspecified atom stereocenters. The molecule has 0 heterocycles. The van der Waals surface area contributed by atoms with Gasteiger partial charge in [0.25, 0.3) is 0 Å². The standard InChI is InChI=1S/C7H13FO2.Na/c1-2-3-4-5-6-7(9)10-8;/h2-6H2,1H3;. The van der Waals surface area contributed by atoms with Crippen LogP contribution in [0.25, 0.3) is 0 Å². The van der Waals surface area contributed by atoms with Crippen LogP contribution in [0.4, 0.5) is 4.53 Å². The molecule has 0 aromatic heterocycles. The summed E-state index contributed by atoms with van der Waals surface area (Å²) in [6.07, 6.45) is 4.13. The molecule has 0 saturated heterocycles. The van der Waals surface area contributed by atoms with E-state index in [9.17, 15) is 9.32 Å². The average Bonchev–Trinajstić information content (AvgIpc) is 1.98. The van der Waals surface area contributed by atoms with Crippen molar-refractivity contribution in [2.45, 2.75) is 39.0 Å². The molecule has 0 aliphatic heterocycles. The minimum atomic E-state index is -0.754. The van der Waals surface area contributed by atoms with Crippen molar-refractivity contribution in [3.05, 3.63) is 0 Å². The molecule has 0 saturated carbocycles. The van der Waals surface area contributed by atoms with Crippen molar-refractivity contribution < 1.29 is 14.3 Å².